The Hall–Kier alpha value is -2.61. The molecule has 0 saturated heterocycles. The quantitative estimate of drug-likeness (QED) is 0.936. The maximum Gasteiger partial charge on any atom is 0.306 e. The first-order chi connectivity index (χ1) is 11.2. The number of carboxylic acid groups (broad SMARTS) is 1. The molecule has 1 saturated carbocycles. The third kappa shape index (κ3) is 3.42. The molecule has 1 aromatic heterocycles. The Morgan fingerprint density at radius 3 is 2.74 bits per heavy atom. The van der Waals surface area contributed by atoms with E-state index >= 15 is 0 Å². The van der Waals surface area contributed by atoms with Crippen LogP contribution in [0.25, 0.3) is 10.9 Å². The van der Waals surface area contributed by atoms with Gasteiger partial charge in [0.2, 0.25) is 0 Å². The fraction of sp³-hybridized carbons (Fsp3) is 0.389. The molecule has 118 valence electrons. The average molecular weight is 310 g/mol. The highest BCUT2D eigenvalue weighted by Gasteiger charge is 2.26. The number of rotatable bonds is 4. The summed E-state index contributed by atoms with van der Waals surface area (Å²) in [5.41, 5.74) is 1.07. The Morgan fingerprint density at radius 1 is 1.26 bits per heavy atom. The summed E-state index contributed by atoms with van der Waals surface area (Å²) in [6.07, 6.45) is 3.18. The Kier molecular flexibility index (Phi) is 4.42. The second kappa shape index (κ2) is 6.66. The van der Waals surface area contributed by atoms with E-state index in [2.05, 4.69) is 4.98 Å². The van der Waals surface area contributed by atoms with Crippen LogP contribution in [0.5, 0.6) is 5.75 Å². The van der Waals surface area contributed by atoms with Crippen LogP contribution in [-0.2, 0) is 4.79 Å². The lowest BCUT2D eigenvalue weighted by Gasteiger charge is -2.26. The third-order valence-electron chi connectivity index (χ3n) is 4.47. The smallest absolute Gasteiger partial charge is 0.306 e. The van der Waals surface area contributed by atoms with Crippen molar-refractivity contribution in [3.63, 3.8) is 0 Å². The molecule has 2 aromatic rings. The number of aromatic nitrogens is 1. The maximum absolute atomic E-state index is 11.0. The van der Waals surface area contributed by atoms with Gasteiger partial charge in [-0.05, 0) is 49.8 Å². The SMILES string of the molecule is N#Cc1ccc2cccc(OC[C@H]3CC[C@H](C(=O)O)CC3)c2n1. The van der Waals surface area contributed by atoms with E-state index in [0.29, 0.717) is 29.5 Å². The summed E-state index contributed by atoms with van der Waals surface area (Å²) in [5, 5.41) is 19.0. The van der Waals surface area contributed by atoms with E-state index in [4.69, 9.17) is 15.1 Å². The minimum Gasteiger partial charge on any atom is -0.491 e. The van der Waals surface area contributed by atoms with Crippen molar-refractivity contribution >= 4 is 16.9 Å². The third-order valence-corrected chi connectivity index (χ3v) is 4.47. The average Bonchev–Trinajstić information content (AvgIpc) is 2.59. The molecule has 1 fully saturated rings. The first-order valence-electron chi connectivity index (χ1n) is 7.83. The lowest BCUT2D eigenvalue weighted by atomic mass is 9.82. The Morgan fingerprint density at radius 2 is 2.04 bits per heavy atom. The molecule has 1 heterocycles. The van der Waals surface area contributed by atoms with Gasteiger partial charge < -0.3 is 9.84 Å². The molecule has 5 heteroatoms. The lowest BCUT2D eigenvalue weighted by Crippen LogP contribution is -2.24. The number of pyridine rings is 1. The van der Waals surface area contributed by atoms with Crippen molar-refractivity contribution in [2.45, 2.75) is 25.7 Å². The number of hydrogen-bond acceptors (Lipinski definition) is 4. The van der Waals surface area contributed by atoms with E-state index in [1.54, 1.807) is 6.07 Å². The van der Waals surface area contributed by atoms with Gasteiger partial charge in [0.05, 0.1) is 12.5 Å². The zero-order valence-corrected chi connectivity index (χ0v) is 12.7. The van der Waals surface area contributed by atoms with Gasteiger partial charge in [-0.2, -0.15) is 5.26 Å². The molecule has 0 bridgehead atoms. The summed E-state index contributed by atoms with van der Waals surface area (Å²) in [7, 11) is 0. The van der Waals surface area contributed by atoms with Crippen LogP contribution in [0.4, 0.5) is 0 Å². The van der Waals surface area contributed by atoms with Crippen LogP contribution >= 0.6 is 0 Å². The highest BCUT2D eigenvalue weighted by molar-refractivity contribution is 5.84. The fourth-order valence-corrected chi connectivity index (χ4v) is 3.08. The first kappa shape index (κ1) is 15.3. The number of ether oxygens (including phenoxy) is 1. The predicted molar refractivity (Wildman–Crippen MR) is 85.0 cm³/mol. The van der Waals surface area contributed by atoms with Gasteiger partial charge in [0.15, 0.2) is 0 Å². The second-order valence-electron chi connectivity index (χ2n) is 6.00. The molecule has 0 spiro atoms. The molecular weight excluding hydrogens is 292 g/mol. The largest absolute Gasteiger partial charge is 0.491 e. The van der Waals surface area contributed by atoms with Crippen LogP contribution in [0, 0.1) is 23.2 Å². The minimum absolute atomic E-state index is 0.205. The van der Waals surface area contributed by atoms with Gasteiger partial charge in [-0.15, -0.1) is 0 Å². The van der Waals surface area contributed by atoms with Gasteiger partial charge in [-0.25, -0.2) is 4.98 Å². The molecule has 1 N–H and O–H groups in total. The highest BCUT2D eigenvalue weighted by atomic mass is 16.5. The molecular formula is C18H18N2O3. The van der Waals surface area contributed by atoms with Gasteiger partial charge in [-0.1, -0.05) is 12.1 Å². The van der Waals surface area contributed by atoms with Gasteiger partial charge >= 0.3 is 5.97 Å². The number of aliphatic carboxylic acids is 1. The minimum atomic E-state index is -0.688. The van der Waals surface area contributed by atoms with Crippen molar-refractivity contribution in [1.82, 2.24) is 4.98 Å². The number of carbonyl (C=O) groups is 1. The molecule has 23 heavy (non-hydrogen) atoms. The Balaban J connectivity index is 1.68. The summed E-state index contributed by atoms with van der Waals surface area (Å²) < 4.78 is 5.93. The van der Waals surface area contributed by atoms with E-state index < -0.39 is 5.97 Å². The highest BCUT2D eigenvalue weighted by Crippen LogP contribution is 2.30. The van der Waals surface area contributed by atoms with E-state index in [0.717, 1.165) is 31.1 Å². The van der Waals surface area contributed by atoms with E-state index in [9.17, 15) is 4.79 Å². The number of hydrogen-bond donors (Lipinski definition) is 1. The number of benzene rings is 1. The molecule has 0 amide bonds. The molecule has 0 unspecified atom stereocenters. The summed E-state index contributed by atoms with van der Waals surface area (Å²) in [6, 6.07) is 11.3. The maximum atomic E-state index is 11.0. The zero-order chi connectivity index (χ0) is 16.2. The number of fused-ring (bicyclic) bond motifs is 1. The molecule has 1 aliphatic rings. The van der Waals surface area contributed by atoms with E-state index in [1.807, 2.05) is 30.3 Å². The standard InChI is InChI=1S/C18H18N2O3/c19-10-15-9-8-13-2-1-3-16(17(13)20-15)23-11-12-4-6-14(7-5-12)18(21)22/h1-3,8-9,12,14H,4-7,11H2,(H,21,22)/t12-,14-. The van der Waals surface area contributed by atoms with Crippen LogP contribution < -0.4 is 4.74 Å². The van der Waals surface area contributed by atoms with Gasteiger partial charge in [0.1, 0.15) is 23.0 Å². The van der Waals surface area contributed by atoms with Crippen molar-refractivity contribution in [3.05, 3.63) is 36.0 Å². The summed E-state index contributed by atoms with van der Waals surface area (Å²) in [6.45, 7) is 0.559. The van der Waals surface area contributed by atoms with Crippen molar-refractivity contribution in [2.24, 2.45) is 11.8 Å². The van der Waals surface area contributed by atoms with Crippen LogP contribution in [-0.4, -0.2) is 22.7 Å². The summed E-state index contributed by atoms with van der Waals surface area (Å²) in [4.78, 5) is 15.3. The molecule has 3 rings (SSSR count). The molecule has 1 aromatic carbocycles. The van der Waals surface area contributed by atoms with Gasteiger partial charge in [0.25, 0.3) is 0 Å². The number of para-hydroxylation sites is 1. The molecule has 0 aliphatic heterocycles. The Bertz CT molecular complexity index is 758. The number of nitrogens with zero attached hydrogens (tertiary/aromatic N) is 2. The summed E-state index contributed by atoms with van der Waals surface area (Å²) in [5.74, 6) is 0.162. The van der Waals surface area contributed by atoms with Crippen molar-refractivity contribution < 1.29 is 14.6 Å². The molecule has 0 radical (unpaired) electrons. The lowest BCUT2D eigenvalue weighted by molar-refractivity contribution is -0.143. The van der Waals surface area contributed by atoms with Crippen molar-refractivity contribution in [1.29, 1.82) is 5.26 Å². The van der Waals surface area contributed by atoms with Crippen LogP contribution in [0.1, 0.15) is 31.4 Å². The van der Waals surface area contributed by atoms with Crippen LogP contribution in [0.15, 0.2) is 30.3 Å². The summed E-state index contributed by atoms with van der Waals surface area (Å²) >= 11 is 0. The van der Waals surface area contributed by atoms with E-state index in [-0.39, 0.29) is 5.92 Å². The first-order valence-corrected chi connectivity index (χ1v) is 7.83. The van der Waals surface area contributed by atoms with Gasteiger partial charge in [0, 0.05) is 5.39 Å². The topological polar surface area (TPSA) is 83.2 Å². The molecule has 5 nitrogen and oxygen atoms in total. The van der Waals surface area contributed by atoms with Crippen LogP contribution in [0.2, 0.25) is 0 Å². The molecule has 0 atom stereocenters. The number of nitriles is 1. The van der Waals surface area contributed by atoms with Gasteiger partial charge in [-0.3, -0.25) is 4.79 Å². The normalized spacial score (nSPS) is 20.8. The predicted octanol–water partition coefficient (Wildman–Crippen LogP) is 3.38. The van der Waals surface area contributed by atoms with Crippen LogP contribution in [0.3, 0.4) is 0 Å². The monoisotopic (exact) mass is 310 g/mol. The number of carboxylic acids is 1. The zero-order valence-electron chi connectivity index (χ0n) is 12.7. The van der Waals surface area contributed by atoms with Crippen molar-refractivity contribution in [3.8, 4) is 11.8 Å². The fourth-order valence-electron chi connectivity index (χ4n) is 3.08. The second-order valence-corrected chi connectivity index (χ2v) is 6.00. The van der Waals surface area contributed by atoms with Crippen molar-refractivity contribution in [2.75, 3.05) is 6.61 Å². The Labute approximate surface area is 134 Å². The molecule has 1 aliphatic carbocycles. The van der Waals surface area contributed by atoms with E-state index in [1.165, 1.54) is 0 Å².